The molecule has 0 fully saturated rings. The van der Waals surface area contributed by atoms with E-state index >= 15 is 0 Å². The van der Waals surface area contributed by atoms with Gasteiger partial charge in [0.25, 0.3) is 0 Å². The maximum absolute atomic E-state index is 2.44. The summed E-state index contributed by atoms with van der Waals surface area (Å²) < 4.78 is 2.44. The molecule has 0 spiro atoms. The summed E-state index contributed by atoms with van der Waals surface area (Å²) in [5.41, 5.74) is 11.4. The van der Waals surface area contributed by atoms with E-state index in [2.05, 4.69) is 148 Å². The van der Waals surface area contributed by atoms with E-state index in [-0.39, 0.29) is 5.41 Å². The van der Waals surface area contributed by atoms with Crippen molar-refractivity contribution in [3.8, 4) is 27.9 Å². The molecule has 0 aliphatic carbocycles. The van der Waals surface area contributed by atoms with Crippen LogP contribution >= 0.6 is 0 Å². The van der Waals surface area contributed by atoms with Crippen LogP contribution in [0.15, 0.2) is 115 Å². The van der Waals surface area contributed by atoms with Gasteiger partial charge in [0, 0.05) is 16.5 Å². The molecule has 1 nitrogen and oxygen atoms in total. The van der Waals surface area contributed by atoms with Crippen molar-refractivity contribution in [2.75, 3.05) is 0 Å². The highest BCUT2D eigenvalue weighted by Gasteiger charge is 2.27. The number of aryl methyl sites for hydroxylation is 1. The van der Waals surface area contributed by atoms with Crippen LogP contribution in [0.1, 0.15) is 31.9 Å². The number of para-hydroxylation sites is 1. The van der Waals surface area contributed by atoms with Crippen LogP contribution in [0.4, 0.5) is 0 Å². The van der Waals surface area contributed by atoms with Gasteiger partial charge in [-0.05, 0) is 64.4 Å². The lowest BCUT2D eigenvalue weighted by molar-refractivity contribution is 0.598. The number of rotatable bonds is 3. The van der Waals surface area contributed by atoms with Crippen LogP contribution in [0, 0.1) is 6.92 Å². The van der Waals surface area contributed by atoms with E-state index in [1.807, 2.05) is 0 Å². The SMILES string of the molecule is Cc1cccc(-c2cccc3c2c2c(C(C)(C)C)c(-c4ccccc4)ccc2n3-c2ccccc2)c1. The summed E-state index contributed by atoms with van der Waals surface area (Å²) in [6.45, 7) is 9.20. The lowest BCUT2D eigenvalue weighted by atomic mass is 9.78. The molecule has 0 bridgehead atoms. The van der Waals surface area contributed by atoms with Gasteiger partial charge in [-0.3, -0.25) is 0 Å². The highest BCUT2D eigenvalue weighted by atomic mass is 15.0. The Labute approximate surface area is 213 Å². The quantitative estimate of drug-likeness (QED) is 0.245. The molecule has 0 saturated heterocycles. The van der Waals surface area contributed by atoms with E-state index in [9.17, 15) is 0 Å². The molecule has 0 atom stereocenters. The third-order valence-electron chi connectivity index (χ3n) is 7.14. The number of hydrogen-bond acceptors (Lipinski definition) is 0. The molecule has 6 rings (SSSR count). The predicted octanol–water partition coefficient (Wildman–Crippen LogP) is 9.72. The van der Waals surface area contributed by atoms with Crippen molar-refractivity contribution in [1.29, 1.82) is 0 Å². The summed E-state index contributed by atoms with van der Waals surface area (Å²) in [5, 5.41) is 2.67. The minimum absolute atomic E-state index is 0.0554. The lowest BCUT2D eigenvalue weighted by Gasteiger charge is -2.25. The summed E-state index contributed by atoms with van der Waals surface area (Å²) in [6.07, 6.45) is 0. The molecular formula is C35H31N. The summed E-state index contributed by atoms with van der Waals surface area (Å²) in [7, 11) is 0. The normalized spacial score (nSPS) is 11.9. The molecule has 0 unspecified atom stereocenters. The van der Waals surface area contributed by atoms with Crippen molar-refractivity contribution < 1.29 is 0 Å². The molecule has 0 saturated carbocycles. The smallest absolute Gasteiger partial charge is 0.0547 e. The minimum Gasteiger partial charge on any atom is -0.309 e. The molecule has 0 aliphatic heterocycles. The van der Waals surface area contributed by atoms with Gasteiger partial charge in [0.2, 0.25) is 0 Å². The first-order chi connectivity index (χ1) is 17.4. The first-order valence-electron chi connectivity index (χ1n) is 12.7. The highest BCUT2D eigenvalue weighted by molar-refractivity contribution is 6.18. The molecule has 176 valence electrons. The maximum Gasteiger partial charge on any atom is 0.0547 e. The fourth-order valence-corrected chi connectivity index (χ4v) is 5.70. The van der Waals surface area contributed by atoms with Gasteiger partial charge in [-0.15, -0.1) is 0 Å². The molecule has 6 aromatic rings. The van der Waals surface area contributed by atoms with Crippen LogP contribution in [0.3, 0.4) is 0 Å². The van der Waals surface area contributed by atoms with Gasteiger partial charge in [-0.1, -0.05) is 117 Å². The second kappa shape index (κ2) is 8.53. The standard InChI is InChI=1S/C35H31N/c1-24-13-11-16-26(23-24)28-19-12-20-30-32(28)33-31(36(30)27-17-9-6-10-18-27)22-21-29(34(33)35(2,3)4)25-14-7-5-8-15-25/h5-23H,1-4H3. The first-order valence-corrected chi connectivity index (χ1v) is 12.7. The summed E-state index contributed by atoms with van der Waals surface area (Å²) in [5.74, 6) is 0. The van der Waals surface area contributed by atoms with Crippen LogP contribution in [-0.2, 0) is 5.41 Å². The average Bonchev–Trinajstić information content (AvgIpc) is 3.23. The van der Waals surface area contributed by atoms with Crippen molar-refractivity contribution >= 4 is 21.8 Å². The second-order valence-corrected chi connectivity index (χ2v) is 10.7. The van der Waals surface area contributed by atoms with Crippen molar-refractivity contribution in [1.82, 2.24) is 4.57 Å². The van der Waals surface area contributed by atoms with Crippen molar-refractivity contribution in [2.24, 2.45) is 0 Å². The van der Waals surface area contributed by atoms with Crippen LogP contribution < -0.4 is 0 Å². The van der Waals surface area contributed by atoms with E-state index in [1.54, 1.807) is 0 Å². The Morgan fingerprint density at radius 3 is 1.86 bits per heavy atom. The van der Waals surface area contributed by atoms with Crippen LogP contribution in [0.5, 0.6) is 0 Å². The van der Waals surface area contributed by atoms with Gasteiger partial charge in [0.05, 0.1) is 11.0 Å². The van der Waals surface area contributed by atoms with Crippen molar-refractivity contribution in [3.05, 3.63) is 126 Å². The van der Waals surface area contributed by atoms with Crippen LogP contribution in [0.25, 0.3) is 49.7 Å². The Morgan fingerprint density at radius 2 is 1.17 bits per heavy atom. The van der Waals surface area contributed by atoms with Gasteiger partial charge >= 0.3 is 0 Å². The summed E-state index contributed by atoms with van der Waals surface area (Å²) >= 11 is 0. The fourth-order valence-electron chi connectivity index (χ4n) is 5.70. The van der Waals surface area contributed by atoms with E-state index < -0.39 is 0 Å². The molecule has 36 heavy (non-hydrogen) atoms. The third-order valence-corrected chi connectivity index (χ3v) is 7.14. The highest BCUT2D eigenvalue weighted by Crippen LogP contribution is 2.46. The topological polar surface area (TPSA) is 4.93 Å². The number of fused-ring (bicyclic) bond motifs is 3. The van der Waals surface area contributed by atoms with E-state index in [1.165, 1.54) is 60.9 Å². The molecule has 0 N–H and O–H groups in total. The van der Waals surface area contributed by atoms with Gasteiger partial charge < -0.3 is 4.57 Å². The van der Waals surface area contributed by atoms with E-state index in [4.69, 9.17) is 0 Å². The van der Waals surface area contributed by atoms with Crippen molar-refractivity contribution in [3.63, 3.8) is 0 Å². The Morgan fingerprint density at radius 1 is 0.528 bits per heavy atom. The third kappa shape index (κ3) is 3.63. The fraction of sp³-hybridized carbons (Fsp3) is 0.143. The zero-order chi connectivity index (χ0) is 24.9. The lowest BCUT2D eigenvalue weighted by Crippen LogP contribution is -2.13. The molecular weight excluding hydrogens is 434 g/mol. The monoisotopic (exact) mass is 465 g/mol. The number of hydrogen-bond donors (Lipinski definition) is 0. The molecule has 0 amide bonds. The van der Waals surface area contributed by atoms with Crippen LogP contribution in [0.2, 0.25) is 0 Å². The zero-order valence-corrected chi connectivity index (χ0v) is 21.4. The Bertz CT molecular complexity index is 1700. The van der Waals surface area contributed by atoms with Gasteiger partial charge in [0.15, 0.2) is 0 Å². The zero-order valence-electron chi connectivity index (χ0n) is 21.4. The van der Waals surface area contributed by atoms with E-state index in [0.29, 0.717) is 0 Å². The Kier molecular flexibility index (Phi) is 5.30. The van der Waals surface area contributed by atoms with Crippen molar-refractivity contribution in [2.45, 2.75) is 33.1 Å². The number of benzene rings is 5. The summed E-state index contributed by atoms with van der Waals surface area (Å²) in [6, 6.07) is 41.9. The largest absolute Gasteiger partial charge is 0.309 e. The summed E-state index contributed by atoms with van der Waals surface area (Å²) in [4.78, 5) is 0. The average molecular weight is 466 g/mol. The van der Waals surface area contributed by atoms with Gasteiger partial charge in [-0.25, -0.2) is 0 Å². The van der Waals surface area contributed by atoms with E-state index in [0.717, 1.165) is 0 Å². The molecule has 5 aromatic carbocycles. The van der Waals surface area contributed by atoms with Gasteiger partial charge in [-0.2, -0.15) is 0 Å². The molecule has 0 radical (unpaired) electrons. The first kappa shape index (κ1) is 22.4. The molecule has 1 heteroatoms. The van der Waals surface area contributed by atoms with Crippen LogP contribution in [-0.4, -0.2) is 4.57 Å². The predicted molar refractivity (Wildman–Crippen MR) is 155 cm³/mol. The minimum atomic E-state index is -0.0554. The maximum atomic E-state index is 2.44. The second-order valence-electron chi connectivity index (χ2n) is 10.7. The Balaban J connectivity index is 1.86. The van der Waals surface area contributed by atoms with Gasteiger partial charge in [0.1, 0.15) is 0 Å². The molecule has 1 aromatic heterocycles. The Hall–Kier alpha value is -4.10. The number of aromatic nitrogens is 1. The molecule has 1 heterocycles. The number of nitrogens with zero attached hydrogens (tertiary/aromatic N) is 1. The molecule has 0 aliphatic rings.